The van der Waals surface area contributed by atoms with Gasteiger partial charge in [-0.1, -0.05) is 34.6 Å². The SMILES string of the molecule is CCC(C)(C)C(=O)CCSCCC(=O)OC(C)OCCOC(C)C(C)C. The molecule has 2 unspecified atom stereocenters. The van der Waals surface area contributed by atoms with Crippen molar-refractivity contribution in [1.82, 2.24) is 0 Å². The Morgan fingerprint density at radius 3 is 2.12 bits per heavy atom. The highest BCUT2D eigenvalue weighted by Gasteiger charge is 2.24. The zero-order chi connectivity index (χ0) is 20.2. The van der Waals surface area contributed by atoms with Crippen LogP contribution < -0.4 is 0 Å². The summed E-state index contributed by atoms with van der Waals surface area (Å²) in [6, 6.07) is 0. The molecule has 0 spiro atoms. The quantitative estimate of drug-likeness (QED) is 0.233. The van der Waals surface area contributed by atoms with Gasteiger partial charge in [0.25, 0.3) is 0 Å². The number of ether oxygens (including phenoxy) is 3. The van der Waals surface area contributed by atoms with E-state index in [1.165, 1.54) is 0 Å². The zero-order valence-corrected chi connectivity index (χ0v) is 18.4. The molecule has 0 aromatic carbocycles. The minimum Gasteiger partial charge on any atom is -0.436 e. The lowest BCUT2D eigenvalue weighted by molar-refractivity contribution is -0.177. The summed E-state index contributed by atoms with van der Waals surface area (Å²) in [5.74, 6) is 1.87. The van der Waals surface area contributed by atoms with E-state index in [0.717, 1.165) is 12.2 Å². The summed E-state index contributed by atoms with van der Waals surface area (Å²) >= 11 is 1.61. The second-order valence-corrected chi connectivity index (χ2v) is 8.75. The fraction of sp³-hybridized carbons (Fsp3) is 0.900. The molecule has 5 nitrogen and oxygen atoms in total. The molecular weight excluding hydrogens is 352 g/mol. The van der Waals surface area contributed by atoms with E-state index in [9.17, 15) is 9.59 Å². The van der Waals surface area contributed by atoms with Gasteiger partial charge in [-0.3, -0.25) is 9.59 Å². The first kappa shape index (κ1) is 25.4. The first-order valence-corrected chi connectivity index (χ1v) is 10.8. The molecule has 0 aliphatic rings. The molecular formula is C20H38O5S. The van der Waals surface area contributed by atoms with Crippen LogP contribution in [0.1, 0.15) is 67.7 Å². The molecule has 0 radical (unpaired) electrons. The van der Waals surface area contributed by atoms with E-state index < -0.39 is 6.29 Å². The van der Waals surface area contributed by atoms with E-state index in [-0.39, 0.29) is 23.3 Å². The van der Waals surface area contributed by atoms with Gasteiger partial charge in [0, 0.05) is 23.3 Å². The molecule has 0 rings (SSSR count). The predicted molar refractivity (Wildman–Crippen MR) is 107 cm³/mol. The lowest BCUT2D eigenvalue weighted by Gasteiger charge is -2.20. The highest BCUT2D eigenvalue weighted by molar-refractivity contribution is 7.99. The number of ketones is 1. The Hall–Kier alpha value is -0.590. The second-order valence-electron chi connectivity index (χ2n) is 7.52. The summed E-state index contributed by atoms with van der Waals surface area (Å²) in [6.45, 7) is 14.8. The van der Waals surface area contributed by atoms with Gasteiger partial charge in [-0.05, 0) is 26.2 Å². The van der Waals surface area contributed by atoms with Crippen molar-refractivity contribution in [3.63, 3.8) is 0 Å². The summed E-state index contributed by atoms with van der Waals surface area (Å²) in [5.41, 5.74) is -0.247. The largest absolute Gasteiger partial charge is 0.436 e. The van der Waals surface area contributed by atoms with Gasteiger partial charge in [0.05, 0.1) is 25.7 Å². The van der Waals surface area contributed by atoms with Crippen molar-refractivity contribution in [1.29, 1.82) is 0 Å². The molecule has 0 aromatic heterocycles. The number of hydrogen-bond donors (Lipinski definition) is 0. The van der Waals surface area contributed by atoms with Gasteiger partial charge in [-0.25, -0.2) is 0 Å². The Morgan fingerprint density at radius 2 is 1.54 bits per heavy atom. The zero-order valence-electron chi connectivity index (χ0n) is 17.6. The van der Waals surface area contributed by atoms with Gasteiger partial charge in [0.1, 0.15) is 5.78 Å². The topological polar surface area (TPSA) is 61.8 Å². The molecule has 2 atom stereocenters. The molecule has 0 fully saturated rings. The fourth-order valence-electron chi connectivity index (χ4n) is 1.88. The maximum absolute atomic E-state index is 12.0. The van der Waals surface area contributed by atoms with Crippen LogP contribution in [0.2, 0.25) is 0 Å². The molecule has 0 N–H and O–H groups in total. The van der Waals surface area contributed by atoms with E-state index in [4.69, 9.17) is 14.2 Å². The van der Waals surface area contributed by atoms with Crippen molar-refractivity contribution in [2.45, 2.75) is 80.1 Å². The van der Waals surface area contributed by atoms with Crippen molar-refractivity contribution in [3.05, 3.63) is 0 Å². The second kappa shape index (κ2) is 13.6. The highest BCUT2D eigenvalue weighted by atomic mass is 32.2. The minimum atomic E-state index is -0.572. The number of carbonyl (C=O) groups excluding carboxylic acids is 2. The van der Waals surface area contributed by atoms with E-state index in [1.54, 1.807) is 18.7 Å². The molecule has 0 aromatic rings. The third kappa shape index (κ3) is 11.9. The number of Topliss-reactive ketones (excluding diaryl/α,β-unsaturated/α-hetero) is 1. The molecule has 154 valence electrons. The van der Waals surface area contributed by atoms with Gasteiger partial charge >= 0.3 is 5.97 Å². The molecule has 0 saturated heterocycles. The van der Waals surface area contributed by atoms with E-state index in [2.05, 4.69) is 13.8 Å². The maximum atomic E-state index is 12.0. The average molecular weight is 391 g/mol. The third-order valence-corrected chi connectivity index (χ3v) is 5.60. The van der Waals surface area contributed by atoms with Crippen molar-refractivity contribution < 1.29 is 23.8 Å². The third-order valence-electron chi connectivity index (χ3n) is 4.62. The predicted octanol–water partition coefficient (Wildman–Crippen LogP) is 4.47. The molecule has 0 aliphatic carbocycles. The summed E-state index contributed by atoms with van der Waals surface area (Å²) in [5, 5.41) is 0. The first-order chi connectivity index (χ1) is 12.1. The smallest absolute Gasteiger partial charge is 0.308 e. The summed E-state index contributed by atoms with van der Waals surface area (Å²) < 4.78 is 16.2. The van der Waals surface area contributed by atoms with Crippen LogP contribution in [0, 0.1) is 11.3 Å². The molecule has 0 amide bonds. The highest BCUT2D eigenvalue weighted by Crippen LogP contribution is 2.23. The monoisotopic (exact) mass is 390 g/mol. The van der Waals surface area contributed by atoms with Gasteiger partial charge in [0.2, 0.25) is 0 Å². The van der Waals surface area contributed by atoms with Gasteiger partial charge in [-0.15, -0.1) is 0 Å². The van der Waals surface area contributed by atoms with Gasteiger partial charge in [-0.2, -0.15) is 11.8 Å². The van der Waals surface area contributed by atoms with E-state index in [1.807, 2.05) is 27.7 Å². The molecule has 26 heavy (non-hydrogen) atoms. The van der Waals surface area contributed by atoms with Crippen LogP contribution >= 0.6 is 11.8 Å². The van der Waals surface area contributed by atoms with Crippen LogP contribution in [0.25, 0.3) is 0 Å². The number of rotatable bonds is 15. The van der Waals surface area contributed by atoms with Gasteiger partial charge < -0.3 is 14.2 Å². The van der Waals surface area contributed by atoms with Gasteiger partial charge in [0.15, 0.2) is 6.29 Å². The minimum absolute atomic E-state index is 0.184. The molecule has 0 heterocycles. The van der Waals surface area contributed by atoms with Crippen LogP contribution in [-0.2, 0) is 23.8 Å². The normalized spacial score (nSPS) is 14.3. The summed E-state index contributed by atoms with van der Waals surface area (Å²) in [7, 11) is 0. The molecule has 0 aliphatic heterocycles. The molecule has 6 heteroatoms. The van der Waals surface area contributed by atoms with Crippen molar-refractivity contribution in [2.24, 2.45) is 11.3 Å². The number of carbonyl (C=O) groups is 2. The van der Waals surface area contributed by atoms with E-state index in [0.29, 0.717) is 37.7 Å². The Balaban J connectivity index is 3.71. The van der Waals surface area contributed by atoms with Crippen LogP contribution in [0.3, 0.4) is 0 Å². The van der Waals surface area contributed by atoms with E-state index >= 15 is 0 Å². The first-order valence-electron chi connectivity index (χ1n) is 9.63. The standard InChI is InChI=1S/C20H38O5S/c1-8-20(6,7)18(21)9-13-26-14-10-19(22)25-17(5)24-12-11-23-16(4)15(2)3/h15-17H,8-14H2,1-7H3. The average Bonchev–Trinajstić information content (AvgIpc) is 2.57. The Kier molecular flexibility index (Phi) is 13.3. The van der Waals surface area contributed by atoms with Crippen LogP contribution in [0.15, 0.2) is 0 Å². The summed E-state index contributed by atoms with van der Waals surface area (Å²) in [4.78, 5) is 23.8. The number of esters is 1. The fourth-order valence-corrected chi connectivity index (χ4v) is 2.72. The van der Waals surface area contributed by atoms with Crippen molar-refractivity contribution in [2.75, 3.05) is 24.7 Å². The Morgan fingerprint density at radius 1 is 0.962 bits per heavy atom. The van der Waals surface area contributed by atoms with Crippen molar-refractivity contribution >= 4 is 23.5 Å². The lowest BCUT2D eigenvalue weighted by Crippen LogP contribution is -2.24. The Labute approximate surface area is 163 Å². The molecule has 0 saturated carbocycles. The van der Waals surface area contributed by atoms with Crippen LogP contribution in [0.4, 0.5) is 0 Å². The maximum Gasteiger partial charge on any atom is 0.308 e. The number of thioether (sulfide) groups is 1. The lowest BCUT2D eigenvalue weighted by atomic mass is 9.84. The van der Waals surface area contributed by atoms with Crippen molar-refractivity contribution in [3.8, 4) is 0 Å². The van der Waals surface area contributed by atoms with Crippen LogP contribution in [-0.4, -0.2) is 48.9 Å². The van der Waals surface area contributed by atoms with Crippen LogP contribution in [0.5, 0.6) is 0 Å². The summed E-state index contributed by atoms with van der Waals surface area (Å²) in [6.07, 6.45) is 1.34. The molecule has 0 bridgehead atoms. The number of hydrogen-bond acceptors (Lipinski definition) is 6. The Bertz CT molecular complexity index is 409.